The number of nitrogens with two attached hydrogens (primary N) is 2. The Kier molecular flexibility index (Phi) is 26.1. The van der Waals surface area contributed by atoms with Crippen molar-refractivity contribution in [1.82, 2.24) is 47.5 Å². The number of phenolic OH excluding ortho intramolecular Hbond substituents is 1. The number of carbonyl (C=O) groups excluding carboxylic acids is 8. The number of aliphatic carboxylic acids is 1. The molecule has 1 aliphatic rings. The van der Waals surface area contributed by atoms with Crippen LogP contribution in [-0.2, 0) is 55.9 Å². The van der Waals surface area contributed by atoms with E-state index in [0.717, 1.165) is 28.5 Å². The van der Waals surface area contributed by atoms with Crippen molar-refractivity contribution in [2.24, 2.45) is 11.5 Å². The number of hydrogen-bond donors (Lipinski definition) is 15. The van der Waals surface area contributed by atoms with E-state index in [2.05, 4.69) is 47.5 Å². The van der Waals surface area contributed by atoms with Gasteiger partial charge in [-0.2, -0.15) is 0 Å². The van der Waals surface area contributed by atoms with Gasteiger partial charge in [0, 0.05) is 48.0 Å². The zero-order valence-corrected chi connectivity index (χ0v) is 46.6. The van der Waals surface area contributed by atoms with Crippen LogP contribution in [0, 0.1) is 0 Å². The Morgan fingerprint density at radius 2 is 1.41 bits per heavy atom. The lowest BCUT2D eigenvalue weighted by atomic mass is 10.0. The van der Waals surface area contributed by atoms with E-state index in [1.807, 2.05) is 6.07 Å². The number of aliphatic hydroxyl groups excluding tert-OH is 2. The second kappa shape index (κ2) is 31.8. The molecule has 25 nitrogen and oxygen atoms in total. The predicted molar refractivity (Wildman–Crippen MR) is 297 cm³/mol. The number of carbonyl (C=O) groups is 9. The Hall–Kier alpha value is -6.65. The number of aliphatic hydroxyl groups is 2. The summed E-state index contributed by atoms with van der Waals surface area (Å²) in [4.78, 5) is 128. The highest BCUT2D eigenvalue weighted by Crippen LogP contribution is 2.25. The van der Waals surface area contributed by atoms with Crippen LogP contribution in [0.1, 0.15) is 90.7 Å². The average molecular weight is 1140 g/mol. The van der Waals surface area contributed by atoms with Gasteiger partial charge in [0.25, 0.3) is 0 Å². The molecule has 0 saturated carbocycles. The van der Waals surface area contributed by atoms with Gasteiger partial charge in [-0.15, -0.1) is 0 Å². The molecule has 17 N–H and O–H groups in total. The van der Waals surface area contributed by atoms with Crippen molar-refractivity contribution in [3.63, 3.8) is 0 Å². The van der Waals surface area contributed by atoms with Crippen molar-refractivity contribution < 1.29 is 68.3 Å². The number of aromatic hydroxyl groups is 1. The maximum absolute atomic E-state index is 14.9. The fourth-order valence-corrected chi connectivity index (χ4v) is 10.5. The van der Waals surface area contributed by atoms with Crippen LogP contribution in [0.2, 0.25) is 0 Å². The molecule has 0 bridgehead atoms. The summed E-state index contributed by atoms with van der Waals surface area (Å²) in [5.41, 5.74) is 12.9. The number of hydrogen-bond acceptors (Lipinski definition) is 17. The summed E-state index contributed by atoms with van der Waals surface area (Å²) < 4.78 is 5.30. The summed E-state index contributed by atoms with van der Waals surface area (Å²) in [5, 5.41) is 62.5. The molecule has 2 aromatic carbocycles. The number of aromatic nitrogens is 1. The lowest BCUT2D eigenvalue weighted by Gasteiger charge is -2.29. The van der Waals surface area contributed by atoms with E-state index in [9.17, 15) is 63.6 Å². The molecular formula is C52H77N11O14S2. The number of carboxylic acids is 1. The molecule has 0 aliphatic carbocycles. The van der Waals surface area contributed by atoms with E-state index < -0.39 is 120 Å². The zero-order chi connectivity index (χ0) is 58.4. The first-order valence-corrected chi connectivity index (χ1v) is 28.6. The van der Waals surface area contributed by atoms with Gasteiger partial charge in [-0.3, -0.25) is 33.6 Å². The normalized spacial score (nSPS) is 21.8. The van der Waals surface area contributed by atoms with Crippen molar-refractivity contribution in [3.8, 4) is 5.75 Å². The van der Waals surface area contributed by atoms with Gasteiger partial charge in [0.2, 0.25) is 41.4 Å². The molecule has 1 aromatic heterocycles. The smallest absolute Gasteiger partial charge is 0.407 e. The van der Waals surface area contributed by atoms with E-state index in [1.165, 1.54) is 31.2 Å². The molecule has 1 aliphatic heterocycles. The molecule has 1 fully saturated rings. The summed E-state index contributed by atoms with van der Waals surface area (Å²) in [5.74, 6) is -8.77. The third-order valence-electron chi connectivity index (χ3n) is 12.4. The Labute approximate surface area is 466 Å². The highest BCUT2D eigenvalue weighted by molar-refractivity contribution is 8.76. The lowest BCUT2D eigenvalue weighted by Crippen LogP contribution is -2.62. The van der Waals surface area contributed by atoms with E-state index in [0.29, 0.717) is 54.3 Å². The van der Waals surface area contributed by atoms with Crippen molar-refractivity contribution in [3.05, 3.63) is 65.9 Å². The van der Waals surface area contributed by atoms with Crippen LogP contribution in [0.25, 0.3) is 10.9 Å². The van der Waals surface area contributed by atoms with Gasteiger partial charge in [-0.25, -0.2) is 9.59 Å². The van der Waals surface area contributed by atoms with Gasteiger partial charge in [-0.05, 0) is 96.2 Å². The number of phenols is 1. The largest absolute Gasteiger partial charge is 0.508 e. The highest BCUT2D eigenvalue weighted by atomic mass is 33.1. The molecule has 1 saturated heterocycles. The molecule has 79 heavy (non-hydrogen) atoms. The van der Waals surface area contributed by atoms with E-state index in [1.54, 1.807) is 45.2 Å². The van der Waals surface area contributed by atoms with Crippen LogP contribution in [0.4, 0.5) is 4.79 Å². The molecule has 0 spiro atoms. The van der Waals surface area contributed by atoms with Gasteiger partial charge in [0.15, 0.2) is 6.04 Å². The first-order chi connectivity index (χ1) is 37.4. The van der Waals surface area contributed by atoms with Crippen molar-refractivity contribution in [2.75, 3.05) is 24.6 Å². The lowest BCUT2D eigenvalue weighted by molar-refractivity contribution is -0.145. The van der Waals surface area contributed by atoms with Crippen LogP contribution in [0.5, 0.6) is 5.75 Å². The monoisotopic (exact) mass is 1140 g/mol. The minimum Gasteiger partial charge on any atom is -0.508 e. The van der Waals surface area contributed by atoms with E-state index in [4.69, 9.17) is 16.2 Å². The van der Waals surface area contributed by atoms with E-state index in [-0.39, 0.29) is 55.9 Å². The Balaban J connectivity index is 1.82. The fraction of sp³-hybridized carbons (Fsp3) is 0.558. The van der Waals surface area contributed by atoms with Crippen LogP contribution in [0.3, 0.4) is 0 Å². The number of amides is 8. The van der Waals surface area contributed by atoms with E-state index >= 15 is 0 Å². The Morgan fingerprint density at radius 3 is 2.05 bits per heavy atom. The number of unbranched alkanes of at least 4 members (excludes halogenated alkanes) is 3. The number of fused-ring (bicyclic) bond motifs is 1. The van der Waals surface area contributed by atoms with Crippen LogP contribution in [-0.4, -0.2) is 170 Å². The second-order valence-corrected chi connectivity index (χ2v) is 22.8. The zero-order valence-electron chi connectivity index (χ0n) is 45.0. The Morgan fingerprint density at radius 1 is 0.772 bits per heavy atom. The number of ether oxygens (including phenoxy) is 1. The summed E-state index contributed by atoms with van der Waals surface area (Å²) in [6.07, 6.45) is -0.311. The topological polar surface area (TPSA) is 408 Å². The molecule has 10 atom stereocenters. The minimum absolute atomic E-state index is 0.0793. The SMILES string of the molecule is C[C@@H](O)[C@H](NC(=O)[C@@H]1CSSC[C@H](NC(=O)[C@H](N)CCCCN)C(=O)N[C@@H](Cc2ccc(O)cc2)C(=O)N[C@H](Cc2c[nH]c3ccccc23)C(=O)N[C@@H](CCCCCNC(=O)OC(C)(C)C)C(=O)N[C@@H]([C@@H](C)O)C(=O)N1)C(=O)O. The molecule has 8 amide bonds. The first-order valence-electron chi connectivity index (χ1n) is 26.1. The fourth-order valence-electron chi connectivity index (χ4n) is 8.13. The quantitative estimate of drug-likeness (QED) is 0.0486. The minimum atomic E-state index is -1.84. The van der Waals surface area contributed by atoms with Gasteiger partial charge < -0.3 is 84.1 Å². The molecule has 0 radical (unpaired) electrons. The standard InChI is InChI=1S/C52H77N11O14S2/c1-28(64)41-49(73)61-40(48(72)63-42(29(2)65)50(74)75)27-79-78-26-39(60-43(67)34(54)14-10-11-21-53)47(71)58-37(23-30-17-19-32(66)20-18-30)45(69)59-38(24-31-25-56-35-15-9-8-13-33(31)35)46(70)57-36(44(68)62-41)16-7-6-12-22-55-51(76)77-52(3,4)5/h8-9,13,15,17-20,25,28-29,34,36-42,56,64-66H,6-7,10-12,14,16,21-24,26-27,53-54H2,1-5H3,(H,55,76)(H,57,70)(H,58,71)(H,59,69)(H,60,67)(H,61,73)(H,62,68)(H,63,72)(H,74,75)/t28-,29-,34-,36+,37+,38-,39+,40+,41+,42+/m1/s1. The molecule has 27 heteroatoms. The molecule has 4 rings (SSSR count). The van der Waals surface area contributed by atoms with Crippen LogP contribution in [0.15, 0.2) is 54.7 Å². The maximum Gasteiger partial charge on any atom is 0.407 e. The summed E-state index contributed by atoms with van der Waals surface area (Å²) in [6.45, 7) is 8.02. The average Bonchev–Trinajstić information content (AvgIpc) is 3.80. The highest BCUT2D eigenvalue weighted by Gasteiger charge is 2.37. The predicted octanol–water partition coefficient (Wildman–Crippen LogP) is -0.165. The van der Waals surface area contributed by atoms with Crippen LogP contribution < -0.4 is 54.0 Å². The molecule has 0 unspecified atom stereocenters. The number of carboxylic acid groups (broad SMARTS) is 1. The van der Waals surface area contributed by atoms with Gasteiger partial charge in [0.05, 0.1) is 18.2 Å². The number of para-hydroxylation sites is 1. The Bertz CT molecular complexity index is 2540. The molecular weight excluding hydrogens is 1070 g/mol. The maximum atomic E-state index is 14.9. The third kappa shape index (κ3) is 21.8. The number of alkyl carbamates (subject to hydrolysis) is 1. The number of rotatable bonds is 21. The third-order valence-corrected chi connectivity index (χ3v) is 14.9. The van der Waals surface area contributed by atoms with Crippen molar-refractivity contribution in [2.45, 2.75) is 159 Å². The molecule has 3 aromatic rings. The number of H-pyrrole nitrogens is 1. The second-order valence-electron chi connectivity index (χ2n) is 20.3. The molecule has 2 heterocycles. The molecule has 436 valence electrons. The number of benzene rings is 2. The van der Waals surface area contributed by atoms with Gasteiger partial charge in [0.1, 0.15) is 47.6 Å². The summed E-state index contributed by atoms with van der Waals surface area (Å²) in [6, 6.07) is 0.854. The summed E-state index contributed by atoms with van der Waals surface area (Å²) >= 11 is 0. The van der Waals surface area contributed by atoms with Crippen molar-refractivity contribution >= 4 is 85.9 Å². The van der Waals surface area contributed by atoms with Crippen molar-refractivity contribution in [1.29, 1.82) is 0 Å². The first kappa shape index (κ1) is 64.9. The van der Waals surface area contributed by atoms with Gasteiger partial charge >= 0.3 is 12.1 Å². The number of aromatic amines is 1. The summed E-state index contributed by atoms with van der Waals surface area (Å²) in [7, 11) is 1.84. The number of nitrogens with one attached hydrogen (secondary N) is 9. The van der Waals surface area contributed by atoms with Crippen LogP contribution >= 0.6 is 21.6 Å². The van der Waals surface area contributed by atoms with Gasteiger partial charge in [-0.1, -0.05) is 71.2 Å².